The van der Waals surface area contributed by atoms with Gasteiger partial charge in [-0.15, -0.1) is 5.10 Å². The lowest BCUT2D eigenvalue weighted by atomic mass is 9.86. The summed E-state index contributed by atoms with van der Waals surface area (Å²) in [6, 6.07) is 3.52. The van der Waals surface area contributed by atoms with Crippen LogP contribution in [0.15, 0.2) is 43.0 Å². The normalized spacial score (nSPS) is 16.0. The second-order valence-electron chi connectivity index (χ2n) is 12.6. The van der Waals surface area contributed by atoms with Crippen LogP contribution in [0.25, 0.3) is 16.8 Å². The van der Waals surface area contributed by atoms with Gasteiger partial charge in [0, 0.05) is 48.8 Å². The number of nitrogens with one attached hydrogen (secondary N) is 1. The lowest BCUT2D eigenvalue weighted by Gasteiger charge is -2.37. The molecular weight excluding hydrogens is 603 g/mol. The SMILES string of the molecule is CC[C@H](C)NC(=O)c1cc(-c2cnn([C@H](c3ccc(C(F)(F)F)nc3)C3CCN(C(=O)OC(C)(C)C)CC3)c2)cn2nc(N)nc12. The van der Waals surface area contributed by atoms with E-state index in [-0.39, 0.29) is 29.4 Å². The zero-order chi connectivity index (χ0) is 33.4. The van der Waals surface area contributed by atoms with Crippen LogP contribution < -0.4 is 11.1 Å². The van der Waals surface area contributed by atoms with Crippen molar-refractivity contribution in [1.82, 2.24) is 39.6 Å². The van der Waals surface area contributed by atoms with Crippen molar-refractivity contribution in [3.05, 3.63) is 59.8 Å². The van der Waals surface area contributed by atoms with E-state index in [0.29, 0.717) is 48.3 Å². The third kappa shape index (κ3) is 7.23. The maximum absolute atomic E-state index is 13.3. The first-order valence-corrected chi connectivity index (χ1v) is 15.1. The summed E-state index contributed by atoms with van der Waals surface area (Å²) in [5, 5.41) is 11.8. The summed E-state index contributed by atoms with van der Waals surface area (Å²) < 4.78 is 48.7. The molecule has 1 aliphatic rings. The van der Waals surface area contributed by atoms with Gasteiger partial charge in [0.15, 0.2) is 5.65 Å². The summed E-state index contributed by atoms with van der Waals surface area (Å²) in [6.07, 6.45) is 3.20. The number of alkyl halides is 3. The highest BCUT2D eigenvalue weighted by atomic mass is 19.4. The predicted molar refractivity (Wildman–Crippen MR) is 164 cm³/mol. The molecule has 5 rings (SSSR count). The van der Waals surface area contributed by atoms with Crippen molar-refractivity contribution in [2.75, 3.05) is 18.8 Å². The van der Waals surface area contributed by atoms with E-state index in [0.717, 1.165) is 12.5 Å². The number of anilines is 1. The average Bonchev–Trinajstić information content (AvgIpc) is 3.62. The van der Waals surface area contributed by atoms with Crippen molar-refractivity contribution in [3.63, 3.8) is 0 Å². The van der Waals surface area contributed by atoms with Gasteiger partial charge in [0.2, 0.25) is 5.95 Å². The van der Waals surface area contributed by atoms with Crippen molar-refractivity contribution in [1.29, 1.82) is 0 Å². The molecule has 0 aliphatic carbocycles. The Bertz CT molecular complexity index is 1700. The standard InChI is InChI=1S/C31H38F3N9O3/c1-6-18(2)38-27(44)23-13-21(16-43-26(23)39-28(35)40-43)22-15-37-42(17-22)25(20-7-8-24(36-14-20)31(32,33)34)19-9-11-41(12-10-19)29(45)46-30(3,4)5/h7-8,13-19,25H,6,9-12H2,1-5H3,(H2,35,40)(H,38,44)/t18-,25-/m0/s1. The number of piperidine rings is 1. The number of carbonyl (C=O) groups excluding carboxylic acids is 2. The van der Waals surface area contributed by atoms with Crippen LogP contribution in [-0.4, -0.2) is 71.0 Å². The molecule has 0 radical (unpaired) electrons. The van der Waals surface area contributed by atoms with Gasteiger partial charge in [-0.2, -0.15) is 23.3 Å². The summed E-state index contributed by atoms with van der Waals surface area (Å²) in [6.45, 7) is 10.1. The third-order valence-electron chi connectivity index (χ3n) is 7.96. The van der Waals surface area contributed by atoms with E-state index < -0.39 is 29.6 Å². The zero-order valence-corrected chi connectivity index (χ0v) is 26.4. The molecule has 1 fully saturated rings. The summed E-state index contributed by atoms with van der Waals surface area (Å²) in [7, 11) is 0. The van der Waals surface area contributed by atoms with Crippen molar-refractivity contribution >= 4 is 23.6 Å². The fourth-order valence-corrected chi connectivity index (χ4v) is 5.48. The van der Waals surface area contributed by atoms with Gasteiger partial charge in [0.1, 0.15) is 11.3 Å². The van der Waals surface area contributed by atoms with Crippen LogP contribution in [0.2, 0.25) is 0 Å². The Balaban J connectivity index is 1.49. The third-order valence-corrected chi connectivity index (χ3v) is 7.96. The summed E-state index contributed by atoms with van der Waals surface area (Å²) in [5.74, 6) is -0.399. The van der Waals surface area contributed by atoms with Crippen LogP contribution in [0.3, 0.4) is 0 Å². The molecule has 0 saturated carbocycles. The maximum Gasteiger partial charge on any atom is 0.433 e. The van der Waals surface area contributed by atoms with E-state index in [1.165, 1.54) is 16.8 Å². The predicted octanol–water partition coefficient (Wildman–Crippen LogP) is 5.35. The van der Waals surface area contributed by atoms with Crippen LogP contribution in [0.5, 0.6) is 0 Å². The first-order chi connectivity index (χ1) is 21.6. The minimum absolute atomic E-state index is 0.0121. The molecule has 4 aromatic rings. The summed E-state index contributed by atoms with van der Waals surface area (Å²) in [5.41, 5.74) is 6.63. The highest BCUT2D eigenvalue weighted by molar-refractivity contribution is 6.01. The first kappa shape index (κ1) is 32.7. The largest absolute Gasteiger partial charge is 0.444 e. The van der Waals surface area contributed by atoms with Gasteiger partial charge in [-0.3, -0.25) is 14.5 Å². The number of hydrogen-bond acceptors (Lipinski definition) is 8. The highest BCUT2D eigenvalue weighted by Gasteiger charge is 2.35. The number of likely N-dealkylation sites (tertiary alicyclic amines) is 1. The Labute approximate surface area is 264 Å². The highest BCUT2D eigenvalue weighted by Crippen LogP contribution is 2.36. The number of halogens is 3. The van der Waals surface area contributed by atoms with Crippen molar-refractivity contribution in [2.45, 2.75) is 77.7 Å². The zero-order valence-electron chi connectivity index (χ0n) is 26.4. The van der Waals surface area contributed by atoms with E-state index in [1.807, 2.05) is 13.8 Å². The number of carbonyl (C=O) groups is 2. The Hall–Kier alpha value is -4.69. The molecule has 0 unspecified atom stereocenters. The molecule has 12 nitrogen and oxygen atoms in total. The minimum atomic E-state index is -4.58. The van der Waals surface area contributed by atoms with E-state index >= 15 is 0 Å². The number of ether oxygens (including phenoxy) is 1. The molecule has 0 bridgehead atoms. The summed E-state index contributed by atoms with van der Waals surface area (Å²) in [4.78, 5) is 35.5. The number of nitrogen functional groups attached to an aromatic ring is 1. The van der Waals surface area contributed by atoms with E-state index in [2.05, 4.69) is 25.5 Å². The number of aromatic nitrogens is 6. The van der Waals surface area contributed by atoms with E-state index in [4.69, 9.17) is 10.5 Å². The number of nitrogens with two attached hydrogens (primary N) is 1. The smallest absolute Gasteiger partial charge is 0.433 e. The molecule has 246 valence electrons. The monoisotopic (exact) mass is 641 g/mol. The Morgan fingerprint density at radius 2 is 1.83 bits per heavy atom. The molecule has 46 heavy (non-hydrogen) atoms. The molecule has 15 heteroatoms. The van der Waals surface area contributed by atoms with Gasteiger partial charge in [-0.05, 0) is 70.6 Å². The molecule has 5 heterocycles. The number of hydrogen-bond donors (Lipinski definition) is 2. The Morgan fingerprint density at radius 3 is 2.43 bits per heavy atom. The molecule has 3 N–H and O–H groups in total. The van der Waals surface area contributed by atoms with Crippen molar-refractivity contribution < 1.29 is 27.5 Å². The second-order valence-corrected chi connectivity index (χ2v) is 12.6. The molecule has 2 amide bonds. The number of fused-ring (bicyclic) bond motifs is 1. The second kappa shape index (κ2) is 12.6. The molecule has 1 saturated heterocycles. The van der Waals surface area contributed by atoms with Crippen LogP contribution in [-0.2, 0) is 10.9 Å². The Morgan fingerprint density at radius 1 is 1.11 bits per heavy atom. The van der Waals surface area contributed by atoms with Gasteiger partial charge < -0.3 is 20.7 Å². The number of amides is 2. The molecule has 2 atom stereocenters. The van der Waals surface area contributed by atoms with Crippen molar-refractivity contribution in [2.24, 2.45) is 5.92 Å². The maximum atomic E-state index is 13.3. The van der Waals surface area contributed by atoms with Crippen LogP contribution in [0.1, 0.15) is 81.5 Å². The van der Waals surface area contributed by atoms with E-state index in [1.54, 1.807) is 55.0 Å². The minimum Gasteiger partial charge on any atom is -0.444 e. The average molecular weight is 642 g/mol. The number of nitrogens with zero attached hydrogens (tertiary/aromatic N) is 7. The van der Waals surface area contributed by atoms with Crippen LogP contribution in [0, 0.1) is 5.92 Å². The molecule has 4 aromatic heterocycles. The van der Waals surface area contributed by atoms with E-state index in [9.17, 15) is 22.8 Å². The lowest BCUT2D eigenvalue weighted by Crippen LogP contribution is -2.43. The molecular formula is C31H38F3N9O3. The Kier molecular flexibility index (Phi) is 8.96. The number of pyridine rings is 2. The fraction of sp³-hybridized carbons (Fsp3) is 0.484. The molecule has 0 aromatic carbocycles. The van der Waals surface area contributed by atoms with Gasteiger partial charge in [-0.25, -0.2) is 9.31 Å². The van der Waals surface area contributed by atoms with Gasteiger partial charge in [-0.1, -0.05) is 13.0 Å². The lowest BCUT2D eigenvalue weighted by molar-refractivity contribution is -0.141. The molecule has 0 spiro atoms. The summed E-state index contributed by atoms with van der Waals surface area (Å²) >= 11 is 0. The van der Waals surface area contributed by atoms with Crippen LogP contribution in [0.4, 0.5) is 23.9 Å². The van der Waals surface area contributed by atoms with Gasteiger partial charge in [0.05, 0.1) is 17.8 Å². The fourth-order valence-electron chi connectivity index (χ4n) is 5.48. The van der Waals surface area contributed by atoms with Crippen LogP contribution >= 0.6 is 0 Å². The van der Waals surface area contributed by atoms with Gasteiger partial charge in [0.25, 0.3) is 5.91 Å². The first-order valence-electron chi connectivity index (χ1n) is 15.1. The van der Waals surface area contributed by atoms with Crippen molar-refractivity contribution in [3.8, 4) is 11.1 Å². The number of rotatable bonds is 7. The quantitative estimate of drug-likeness (QED) is 0.275. The molecule has 1 aliphatic heterocycles. The van der Waals surface area contributed by atoms with Gasteiger partial charge >= 0.3 is 12.3 Å². The topological polar surface area (TPSA) is 146 Å².